The van der Waals surface area contributed by atoms with E-state index < -0.39 is 4.92 Å². The van der Waals surface area contributed by atoms with Crippen LogP contribution < -0.4 is 0 Å². The summed E-state index contributed by atoms with van der Waals surface area (Å²) >= 11 is 5.17. The molecule has 0 aliphatic heterocycles. The van der Waals surface area contributed by atoms with Crippen molar-refractivity contribution in [1.82, 2.24) is 14.9 Å². The number of furan rings is 1. The number of nitrogens with one attached hydrogen (secondary N) is 1. The molecule has 0 amide bonds. The zero-order chi connectivity index (χ0) is 16.4. The Bertz CT molecular complexity index is 953. The Kier molecular flexibility index (Phi) is 3.85. The second-order valence-corrected chi connectivity index (χ2v) is 5.04. The van der Waals surface area contributed by atoms with Crippen molar-refractivity contribution < 1.29 is 9.34 Å². The van der Waals surface area contributed by atoms with Crippen LogP contribution in [0.1, 0.15) is 11.3 Å². The number of H-pyrrole nitrogens is 1. The van der Waals surface area contributed by atoms with Crippen molar-refractivity contribution in [3.05, 3.63) is 62.6 Å². The smallest absolute Gasteiger partial charge is 0.400 e. The number of nitro groups is 1. The molecule has 3 aromatic rings. The summed E-state index contributed by atoms with van der Waals surface area (Å²) in [6.07, 6.45) is 1.35. The minimum absolute atomic E-state index is 0.246. The van der Waals surface area contributed by atoms with Gasteiger partial charge in [0.05, 0.1) is 12.3 Å². The number of rotatable bonds is 4. The second-order valence-electron chi connectivity index (χ2n) is 4.66. The van der Waals surface area contributed by atoms with Crippen LogP contribution in [0.15, 0.2) is 45.9 Å². The number of benzene rings is 1. The molecule has 0 spiro atoms. The highest BCUT2D eigenvalue weighted by atomic mass is 32.1. The molecule has 0 saturated heterocycles. The maximum atomic E-state index is 10.6. The van der Waals surface area contributed by atoms with Gasteiger partial charge in [-0.05, 0) is 30.8 Å². The highest BCUT2D eigenvalue weighted by Crippen LogP contribution is 2.21. The standard InChI is InChI=1S/C14H11N5O3S/c1-9-4-2-3-5-11(9)13-16-17-14(23)18(13)15-8-10-6-7-12(22-10)19(20)21/h2-8H,1H3,(H,17,23)/b15-8-. The first kappa shape index (κ1) is 14.9. The van der Waals surface area contributed by atoms with Crippen LogP contribution in [0.25, 0.3) is 11.4 Å². The number of aromatic amines is 1. The normalized spacial score (nSPS) is 11.2. The monoisotopic (exact) mass is 329 g/mol. The number of nitrogens with zero attached hydrogens (tertiary/aromatic N) is 4. The Morgan fingerprint density at radius 1 is 1.39 bits per heavy atom. The van der Waals surface area contributed by atoms with Crippen LogP contribution in [-0.4, -0.2) is 26.0 Å². The summed E-state index contributed by atoms with van der Waals surface area (Å²) in [4.78, 5) is 10.00. The van der Waals surface area contributed by atoms with E-state index in [1.165, 1.54) is 23.0 Å². The highest BCUT2D eigenvalue weighted by Gasteiger charge is 2.12. The SMILES string of the molecule is Cc1ccccc1-c1n[nH]c(=S)n1/N=C\c1ccc([N+](=O)[O-])o1. The summed E-state index contributed by atoms with van der Waals surface area (Å²) in [6.45, 7) is 1.96. The molecule has 0 aliphatic rings. The van der Waals surface area contributed by atoms with E-state index in [9.17, 15) is 10.1 Å². The van der Waals surface area contributed by atoms with Crippen LogP contribution in [0.2, 0.25) is 0 Å². The van der Waals surface area contributed by atoms with Gasteiger partial charge in [0.2, 0.25) is 4.77 Å². The van der Waals surface area contributed by atoms with Crippen molar-refractivity contribution in [2.24, 2.45) is 5.10 Å². The Hall–Kier alpha value is -3.07. The minimum atomic E-state index is -0.612. The summed E-state index contributed by atoms with van der Waals surface area (Å²) in [6, 6.07) is 10.4. The van der Waals surface area contributed by atoms with Gasteiger partial charge >= 0.3 is 5.88 Å². The van der Waals surface area contributed by atoms with E-state index in [4.69, 9.17) is 16.6 Å². The lowest BCUT2D eigenvalue weighted by molar-refractivity contribution is -0.402. The summed E-state index contributed by atoms with van der Waals surface area (Å²) < 4.78 is 6.77. The molecule has 0 saturated carbocycles. The average molecular weight is 329 g/mol. The quantitative estimate of drug-likeness (QED) is 0.342. The molecule has 2 aromatic heterocycles. The summed E-state index contributed by atoms with van der Waals surface area (Å²) in [7, 11) is 0. The third-order valence-corrected chi connectivity index (χ3v) is 3.39. The maximum Gasteiger partial charge on any atom is 0.433 e. The topological polar surface area (TPSA) is 102 Å². The van der Waals surface area contributed by atoms with Crippen molar-refractivity contribution in [2.75, 3.05) is 0 Å². The van der Waals surface area contributed by atoms with Crippen molar-refractivity contribution in [2.45, 2.75) is 6.92 Å². The van der Waals surface area contributed by atoms with Crippen molar-refractivity contribution in [3.8, 4) is 11.4 Å². The molecule has 0 fully saturated rings. The average Bonchev–Trinajstić information content (AvgIpc) is 3.13. The molecule has 2 heterocycles. The van der Waals surface area contributed by atoms with E-state index >= 15 is 0 Å². The molecule has 0 radical (unpaired) electrons. The number of aromatic nitrogens is 3. The van der Waals surface area contributed by atoms with Crippen LogP contribution in [-0.2, 0) is 0 Å². The summed E-state index contributed by atoms with van der Waals surface area (Å²) in [5.41, 5.74) is 1.90. The van der Waals surface area contributed by atoms with Gasteiger partial charge in [-0.2, -0.15) is 14.9 Å². The van der Waals surface area contributed by atoms with Crippen LogP contribution in [0, 0.1) is 21.8 Å². The predicted octanol–water partition coefficient (Wildman–Crippen LogP) is 3.30. The first-order valence-corrected chi connectivity index (χ1v) is 6.99. The molecule has 0 aliphatic carbocycles. The molecule has 1 N–H and O–H groups in total. The molecule has 8 nitrogen and oxygen atoms in total. The molecule has 0 unspecified atom stereocenters. The van der Waals surface area contributed by atoms with Crippen LogP contribution in [0.4, 0.5) is 5.88 Å². The fourth-order valence-corrected chi connectivity index (χ4v) is 2.20. The lowest BCUT2D eigenvalue weighted by atomic mass is 10.1. The molecular formula is C14H11N5O3S. The van der Waals surface area contributed by atoms with Gasteiger partial charge in [0.1, 0.15) is 4.92 Å². The minimum Gasteiger partial charge on any atom is -0.400 e. The third-order valence-electron chi connectivity index (χ3n) is 3.13. The van der Waals surface area contributed by atoms with Gasteiger partial charge in [-0.15, -0.1) is 0 Å². The largest absolute Gasteiger partial charge is 0.433 e. The van der Waals surface area contributed by atoms with Gasteiger partial charge in [-0.25, -0.2) is 5.10 Å². The first-order chi connectivity index (χ1) is 11.1. The molecule has 23 heavy (non-hydrogen) atoms. The third kappa shape index (κ3) is 2.94. The van der Waals surface area contributed by atoms with E-state index in [2.05, 4.69) is 15.3 Å². The molecule has 0 bridgehead atoms. The van der Waals surface area contributed by atoms with Crippen molar-refractivity contribution >= 4 is 24.3 Å². The summed E-state index contributed by atoms with van der Waals surface area (Å²) in [5.74, 6) is 0.447. The second kappa shape index (κ2) is 5.97. The lowest BCUT2D eigenvalue weighted by Crippen LogP contribution is -1.96. The zero-order valence-corrected chi connectivity index (χ0v) is 12.8. The van der Waals surface area contributed by atoms with E-state index in [1.54, 1.807) is 0 Å². The van der Waals surface area contributed by atoms with Crippen molar-refractivity contribution in [3.63, 3.8) is 0 Å². The van der Waals surface area contributed by atoms with E-state index in [0.717, 1.165) is 11.1 Å². The van der Waals surface area contributed by atoms with Gasteiger partial charge in [0.25, 0.3) is 0 Å². The Labute approximate surface area is 135 Å². The fourth-order valence-electron chi connectivity index (χ4n) is 2.02. The molecule has 3 rings (SSSR count). The van der Waals surface area contributed by atoms with Crippen molar-refractivity contribution in [1.29, 1.82) is 0 Å². The molecular weight excluding hydrogens is 318 g/mol. The van der Waals surface area contributed by atoms with Crippen LogP contribution in [0.3, 0.4) is 0 Å². The summed E-state index contributed by atoms with van der Waals surface area (Å²) in [5, 5.41) is 21.7. The van der Waals surface area contributed by atoms with Gasteiger partial charge in [-0.1, -0.05) is 24.3 Å². The zero-order valence-electron chi connectivity index (χ0n) is 12.0. The van der Waals surface area contributed by atoms with Gasteiger partial charge in [0.15, 0.2) is 11.6 Å². The Morgan fingerprint density at radius 2 is 2.17 bits per heavy atom. The fraction of sp³-hybridized carbons (Fsp3) is 0.0714. The number of hydrogen-bond acceptors (Lipinski definition) is 6. The number of hydrogen-bond donors (Lipinski definition) is 1. The van der Waals surface area contributed by atoms with Gasteiger partial charge < -0.3 is 4.42 Å². The molecule has 1 aromatic carbocycles. The first-order valence-electron chi connectivity index (χ1n) is 6.58. The Balaban J connectivity index is 1.99. The van der Waals surface area contributed by atoms with Gasteiger partial charge in [0, 0.05) is 5.56 Å². The Morgan fingerprint density at radius 3 is 2.87 bits per heavy atom. The predicted molar refractivity (Wildman–Crippen MR) is 85.9 cm³/mol. The van der Waals surface area contributed by atoms with E-state index in [0.29, 0.717) is 10.6 Å². The van der Waals surface area contributed by atoms with Crippen LogP contribution >= 0.6 is 12.2 Å². The van der Waals surface area contributed by atoms with E-state index in [1.807, 2.05) is 31.2 Å². The molecule has 0 atom stereocenters. The lowest BCUT2D eigenvalue weighted by Gasteiger charge is -2.03. The maximum absolute atomic E-state index is 10.6. The van der Waals surface area contributed by atoms with E-state index in [-0.39, 0.29) is 11.6 Å². The molecule has 116 valence electrons. The highest BCUT2D eigenvalue weighted by molar-refractivity contribution is 7.71. The van der Waals surface area contributed by atoms with Crippen LogP contribution in [0.5, 0.6) is 0 Å². The van der Waals surface area contributed by atoms with Gasteiger partial charge in [-0.3, -0.25) is 10.1 Å². The number of aryl methyl sites for hydroxylation is 1. The molecule has 9 heteroatoms.